The van der Waals surface area contributed by atoms with Crippen LogP contribution in [0.5, 0.6) is 5.75 Å². The van der Waals surface area contributed by atoms with Crippen molar-refractivity contribution < 1.29 is 27.6 Å². The molecule has 0 atom stereocenters. The average Bonchev–Trinajstić information content (AvgIpc) is 2.97. The number of ether oxygens (including phenoxy) is 1. The number of hydrogen-bond donors (Lipinski definition) is 1. The number of aryl methyl sites for hydroxylation is 1. The van der Waals surface area contributed by atoms with Gasteiger partial charge in [0.15, 0.2) is 5.82 Å². The first-order valence-electron chi connectivity index (χ1n) is 7.55. The molecule has 2 aromatic rings. The molecule has 0 aliphatic carbocycles. The lowest BCUT2D eigenvalue weighted by Crippen LogP contribution is -2.33. The van der Waals surface area contributed by atoms with Crippen LogP contribution in [0.4, 0.5) is 14.6 Å². The zero-order valence-corrected chi connectivity index (χ0v) is 14.1. The van der Waals surface area contributed by atoms with Gasteiger partial charge < -0.3 is 19.5 Å². The van der Waals surface area contributed by atoms with Gasteiger partial charge in [-0.15, -0.1) is 0 Å². The molecule has 7 nitrogen and oxygen atoms in total. The van der Waals surface area contributed by atoms with E-state index in [-0.39, 0.29) is 18.1 Å². The van der Waals surface area contributed by atoms with E-state index in [9.17, 15) is 18.4 Å². The summed E-state index contributed by atoms with van der Waals surface area (Å²) in [6.45, 7) is -1.50. The predicted octanol–water partition coefficient (Wildman–Crippen LogP) is 2.69. The molecule has 0 aliphatic heterocycles. The lowest BCUT2D eigenvalue weighted by molar-refractivity contribution is -0.129. The van der Waals surface area contributed by atoms with Crippen molar-refractivity contribution >= 4 is 23.7 Å². The molecular weight excluding hydrogens is 348 g/mol. The van der Waals surface area contributed by atoms with E-state index in [1.165, 1.54) is 31.3 Å². The second-order valence-electron chi connectivity index (χ2n) is 5.31. The topological polar surface area (TPSA) is 84.7 Å². The first-order chi connectivity index (χ1) is 12.3. The molecule has 1 N–H and O–H groups in total. The van der Waals surface area contributed by atoms with E-state index >= 15 is 0 Å². The van der Waals surface area contributed by atoms with Crippen LogP contribution in [0, 0.1) is 6.92 Å². The molecule has 0 bridgehead atoms. The van der Waals surface area contributed by atoms with Crippen molar-refractivity contribution in [3.63, 3.8) is 0 Å². The van der Waals surface area contributed by atoms with Gasteiger partial charge in [-0.05, 0) is 19.1 Å². The van der Waals surface area contributed by atoms with Crippen LogP contribution in [0.2, 0.25) is 0 Å². The van der Waals surface area contributed by atoms with Gasteiger partial charge in [0.2, 0.25) is 11.8 Å². The maximum atomic E-state index is 12.4. The van der Waals surface area contributed by atoms with Crippen LogP contribution < -0.4 is 10.1 Å². The maximum absolute atomic E-state index is 12.4. The summed E-state index contributed by atoms with van der Waals surface area (Å²) in [4.78, 5) is 25.1. The van der Waals surface area contributed by atoms with Crippen molar-refractivity contribution in [2.24, 2.45) is 0 Å². The Morgan fingerprint density at radius 3 is 2.77 bits per heavy atom. The highest BCUT2D eigenvalue weighted by Crippen LogP contribution is 2.21. The van der Waals surface area contributed by atoms with Crippen molar-refractivity contribution in [3.8, 4) is 5.75 Å². The summed E-state index contributed by atoms with van der Waals surface area (Å²) < 4.78 is 34.0. The molecule has 1 heterocycles. The number of carbonyl (C=O) groups excluding carboxylic acids is 2. The Morgan fingerprint density at radius 1 is 1.38 bits per heavy atom. The molecule has 26 heavy (non-hydrogen) atoms. The average molecular weight is 365 g/mol. The molecule has 0 aliphatic rings. The first-order valence-corrected chi connectivity index (χ1v) is 7.55. The Hall–Kier alpha value is -3.23. The summed E-state index contributed by atoms with van der Waals surface area (Å²) in [6.07, 6.45) is 2.51. The van der Waals surface area contributed by atoms with Gasteiger partial charge in [0, 0.05) is 24.8 Å². The number of benzene rings is 1. The van der Waals surface area contributed by atoms with Gasteiger partial charge in [0.05, 0.1) is 6.54 Å². The first kappa shape index (κ1) is 19.1. The number of carbonyl (C=O) groups is 2. The number of hydrogen-bond acceptors (Lipinski definition) is 5. The van der Waals surface area contributed by atoms with Crippen LogP contribution in [0.25, 0.3) is 6.08 Å². The molecule has 0 saturated heterocycles. The molecule has 9 heteroatoms. The highest BCUT2D eigenvalue weighted by atomic mass is 19.3. The standard InChI is InChI=1S/C17H17F2N3O4/c1-11-9-14(21-26-11)20-15(23)10-22(2)16(24)8-7-12-5-3-4-6-13(12)25-17(18)19/h3-9,17H,10H2,1-2H3,(H,20,21,23)/b8-7+. The third-order valence-electron chi connectivity index (χ3n) is 3.19. The fourth-order valence-corrected chi connectivity index (χ4v) is 2.01. The van der Waals surface area contributed by atoms with Crippen molar-refractivity contribution in [2.45, 2.75) is 13.5 Å². The minimum absolute atomic E-state index is 0.0478. The predicted molar refractivity (Wildman–Crippen MR) is 89.6 cm³/mol. The Kier molecular flexibility index (Phi) is 6.42. The lowest BCUT2D eigenvalue weighted by atomic mass is 10.2. The molecule has 2 amide bonds. The van der Waals surface area contributed by atoms with Crippen LogP contribution in [-0.2, 0) is 9.59 Å². The van der Waals surface area contributed by atoms with Crippen LogP contribution in [0.1, 0.15) is 11.3 Å². The maximum Gasteiger partial charge on any atom is 0.387 e. The Bertz CT molecular complexity index is 805. The number of nitrogens with zero attached hydrogens (tertiary/aromatic N) is 2. The van der Waals surface area contributed by atoms with E-state index in [1.54, 1.807) is 25.1 Å². The van der Waals surface area contributed by atoms with Gasteiger partial charge in [-0.2, -0.15) is 8.78 Å². The fraction of sp³-hybridized carbons (Fsp3) is 0.235. The molecule has 0 radical (unpaired) electrons. The van der Waals surface area contributed by atoms with Crippen molar-refractivity contribution in [1.29, 1.82) is 0 Å². The van der Waals surface area contributed by atoms with Gasteiger partial charge in [0.25, 0.3) is 0 Å². The second kappa shape index (κ2) is 8.75. The minimum atomic E-state index is -2.97. The van der Waals surface area contributed by atoms with Gasteiger partial charge in [-0.1, -0.05) is 23.4 Å². The zero-order chi connectivity index (χ0) is 19.1. The van der Waals surface area contributed by atoms with E-state index in [2.05, 4.69) is 15.2 Å². The molecule has 1 aromatic carbocycles. The quantitative estimate of drug-likeness (QED) is 0.763. The lowest BCUT2D eigenvalue weighted by Gasteiger charge is -2.14. The van der Waals surface area contributed by atoms with E-state index in [0.717, 1.165) is 4.90 Å². The summed E-state index contributed by atoms with van der Waals surface area (Å²) in [5.74, 6) is -0.194. The summed E-state index contributed by atoms with van der Waals surface area (Å²) in [5, 5.41) is 6.11. The number of rotatable bonds is 7. The smallest absolute Gasteiger partial charge is 0.387 e. The second-order valence-corrected chi connectivity index (χ2v) is 5.31. The van der Waals surface area contributed by atoms with Crippen LogP contribution in [-0.4, -0.2) is 42.1 Å². The Balaban J connectivity index is 1.94. The van der Waals surface area contributed by atoms with E-state index in [0.29, 0.717) is 11.3 Å². The number of aromatic nitrogens is 1. The third kappa shape index (κ3) is 5.69. The highest BCUT2D eigenvalue weighted by molar-refractivity contribution is 5.97. The number of amides is 2. The summed E-state index contributed by atoms with van der Waals surface area (Å²) in [5.41, 5.74) is 0.317. The summed E-state index contributed by atoms with van der Waals surface area (Å²) in [7, 11) is 1.43. The highest BCUT2D eigenvalue weighted by Gasteiger charge is 2.13. The molecule has 138 valence electrons. The van der Waals surface area contributed by atoms with Gasteiger partial charge in [0.1, 0.15) is 11.5 Å². The largest absolute Gasteiger partial charge is 0.434 e. The number of likely N-dealkylation sites (N-methyl/N-ethyl adjacent to an activating group) is 1. The van der Waals surface area contributed by atoms with E-state index in [4.69, 9.17) is 4.52 Å². The van der Waals surface area contributed by atoms with Crippen LogP contribution >= 0.6 is 0 Å². The van der Waals surface area contributed by atoms with Crippen LogP contribution in [0.3, 0.4) is 0 Å². The number of para-hydroxylation sites is 1. The van der Waals surface area contributed by atoms with E-state index in [1.807, 2.05) is 0 Å². The van der Waals surface area contributed by atoms with Crippen LogP contribution in [0.15, 0.2) is 40.9 Å². The fourth-order valence-electron chi connectivity index (χ4n) is 2.01. The van der Waals surface area contributed by atoms with E-state index < -0.39 is 18.4 Å². The Morgan fingerprint density at radius 2 is 2.12 bits per heavy atom. The van der Waals surface area contributed by atoms with Crippen molar-refractivity contribution in [1.82, 2.24) is 10.1 Å². The molecule has 1 aromatic heterocycles. The molecule has 0 saturated carbocycles. The summed E-state index contributed by atoms with van der Waals surface area (Å²) in [6, 6.07) is 7.60. The third-order valence-corrected chi connectivity index (χ3v) is 3.19. The number of anilines is 1. The summed E-state index contributed by atoms with van der Waals surface area (Å²) >= 11 is 0. The number of halogens is 2. The molecule has 0 unspecified atom stereocenters. The molecule has 0 spiro atoms. The number of alkyl halides is 2. The minimum Gasteiger partial charge on any atom is -0.434 e. The Labute approximate surface area is 148 Å². The monoisotopic (exact) mass is 365 g/mol. The zero-order valence-electron chi connectivity index (χ0n) is 14.1. The normalized spacial score (nSPS) is 11.0. The SMILES string of the molecule is Cc1cc(NC(=O)CN(C)C(=O)/C=C/c2ccccc2OC(F)F)no1. The number of nitrogens with one attached hydrogen (secondary N) is 1. The molecule has 0 fully saturated rings. The van der Waals surface area contributed by atoms with Gasteiger partial charge in [-0.25, -0.2) is 0 Å². The molecule has 2 rings (SSSR count). The van der Waals surface area contributed by atoms with Crippen molar-refractivity contribution in [3.05, 3.63) is 47.7 Å². The van der Waals surface area contributed by atoms with Gasteiger partial charge >= 0.3 is 6.61 Å². The molecular formula is C17H17F2N3O4. The van der Waals surface area contributed by atoms with Gasteiger partial charge in [-0.3, -0.25) is 9.59 Å². The van der Waals surface area contributed by atoms with Crippen molar-refractivity contribution in [2.75, 3.05) is 18.9 Å².